The molecule has 21 heavy (non-hydrogen) atoms. The Hall–Kier alpha value is -2.63. The molecule has 1 aromatic heterocycles. The van der Waals surface area contributed by atoms with Gasteiger partial charge in [0.15, 0.2) is 6.04 Å². The summed E-state index contributed by atoms with van der Waals surface area (Å²) in [6.07, 6.45) is 3.67. The molecule has 0 aliphatic rings. The van der Waals surface area contributed by atoms with Crippen LogP contribution in [0.15, 0.2) is 42.7 Å². The zero-order chi connectivity index (χ0) is 15.4. The lowest BCUT2D eigenvalue weighted by atomic mass is 10.1. The molecule has 1 heterocycles. The van der Waals surface area contributed by atoms with Crippen LogP contribution < -0.4 is 0 Å². The summed E-state index contributed by atoms with van der Waals surface area (Å²) < 4.78 is 1.59. The number of aliphatic carboxylic acids is 1. The van der Waals surface area contributed by atoms with Crippen LogP contribution in [0.3, 0.4) is 0 Å². The Balaban J connectivity index is 2.37. The number of carbonyl (C=O) groups excluding carboxylic acids is 1. The van der Waals surface area contributed by atoms with Gasteiger partial charge >= 0.3 is 5.97 Å². The summed E-state index contributed by atoms with van der Waals surface area (Å²) >= 11 is 0. The third-order valence-corrected chi connectivity index (χ3v) is 3.19. The highest BCUT2D eigenvalue weighted by atomic mass is 16.4. The Morgan fingerprint density at radius 3 is 2.52 bits per heavy atom. The predicted octanol–water partition coefficient (Wildman–Crippen LogP) is 1.86. The topological polar surface area (TPSA) is 75.4 Å². The number of para-hydroxylation sites is 1. The summed E-state index contributed by atoms with van der Waals surface area (Å²) in [5.74, 6) is -1.08. The molecule has 1 aromatic carbocycles. The fraction of sp³-hybridized carbons (Fsp3) is 0.267. The van der Waals surface area contributed by atoms with Crippen molar-refractivity contribution in [2.45, 2.75) is 25.9 Å². The maximum absolute atomic E-state index is 11.5. The van der Waals surface area contributed by atoms with Gasteiger partial charge in [0.05, 0.1) is 11.9 Å². The Morgan fingerprint density at radius 2 is 2.00 bits per heavy atom. The molecule has 0 saturated carbocycles. The van der Waals surface area contributed by atoms with Crippen molar-refractivity contribution in [3.05, 3.63) is 48.3 Å². The second-order valence-electron chi connectivity index (χ2n) is 4.94. The zero-order valence-electron chi connectivity index (χ0n) is 11.9. The fourth-order valence-corrected chi connectivity index (χ4v) is 2.12. The van der Waals surface area contributed by atoms with Crippen LogP contribution in [-0.2, 0) is 9.59 Å². The molecular formula is C15H17N3O3. The number of aromatic nitrogens is 2. The van der Waals surface area contributed by atoms with Gasteiger partial charge in [-0.3, -0.25) is 4.79 Å². The highest BCUT2D eigenvalue weighted by molar-refractivity contribution is 5.78. The van der Waals surface area contributed by atoms with Crippen molar-refractivity contribution < 1.29 is 14.7 Å². The van der Waals surface area contributed by atoms with Gasteiger partial charge in [-0.1, -0.05) is 18.2 Å². The maximum atomic E-state index is 11.5. The third kappa shape index (κ3) is 3.10. The summed E-state index contributed by atoms with van der Waals surface area (Å²) in [6, 6.07) is 8.11. The monoisotopic (exact) mass is 287 g/mol. The average Bonchev–Trinajstić information content (AvgIpc) is 2.93. The summed E-state index contributed by atoms with van der Waals surface area (Å²) in [6.45, 7) is 3.54. The largest absolute Gasteiger partial charge is 0.479 e. The minimum absolute atomic E-state index is 0.219. The van der Waals surface area contributed by atoms with Crippen molar-refractivity contribution in [2.75, 3.05) is 0 Å². The molecule has 110 valence electrons. The first-order valence-corrected chi connectivity index (χ1v) is 6.60. The van der Waals surface area contributed by atoms with Crippen molar-refractivity contribution in [1.29, 1.82) is 0 Å². The normalized spacial score (nSPS) is 12.1. The highest BCUT2D eigenvalue weighted by Crippen LogP contribution is 2.22. The Bertz CT molecular complexity index is 622. The molecule has 0 fully saturated rings. The van der Waals surface area contributed by atoms with E-state index in [9.17, 15) is 14.7 Å². The minimum atomic E-state index is -1.08. The SMILES string of the molecule is CC(C)N(C=O)C(C(=O)O)c1cnn(-c2ccccc2)c1. The van der Waals surface area contributed by atoms with E-state index >= 15 is 0 Å². The molecule has 1 amide bonds. The number of hydrogen-bond acceptors (Lipinski definition) is 3. The van der Waals surface area contributed by atoms with E-state index in [-0.39, 0.29) is 6.04 Å². The zero-order valence-corrected chi connectivity index (χ0v) is 11.9. The van der Waals surface area contributed by atoms with E-state index in [1.165, 1.54) is 11.1 Å². The first kappa shape index (κ1) is 14.8. The molecule has 0 saturated heterocycles. The summed E-state index contributed by atoms with van der Waals surface area (Å²) in [5.41, 5.74) is 1.29. The summed E-state index contributed by atoms with van der Waals surface area (Å²) in [4.78, 5) is 23.9. The van der Waals surface area contributed by atoms with Crippen LogP contribution in [0, 0.1) is 0 Å². The van der Waals surface area contributed by atoms with E-state index in [0.717, 1.165) is 5.69 Å². The van der Waals surface area contributed by atoms with Crippen molar-refractivity contribution in [3.8, 4) is 5.69 Å². The first-order chi connectivity index (χ1) is 10.0. The van der Waals surface area contributed by atoms with E-state index in [1.54, 1.807) is 24.7 Å². The quantitative estimate of drug-likeness (QED) is 0.823. The van der Waals surface area contributed by atoms with Gasteiger partial charge in [0.25, 0.3) is 0 Å². The summed E-state index contributed by atoms with van der Waals surface area (Å²) in [7, 11) is 0. The molecule has 6 nitrogen and oxygen atoms in total. The molecule has 0 bridgehead atoms. The fourth-order valence-electron chi connectivity index (χ4n) is 2.12. The van der Waals surface area contributed by atoms with Gasteiger partial charge in [-0.25, -0.2) is 9.48 Å². The van der Waals surface area contributed by atoms with Gasteiger partial charge in [-0.15, -0.1) is 0 Å². The molecule has 0 radical (unpaired) electrons. The van der Waals surface area contributed by atoms with Crippen LogP contribution in [0.25, 0.3) is 5.69 Å². The molecule has 0 aliphatic heterocycles. The molecule has 1 N–H and O–H groups in total. The van der Waals surface area contributed by atoms with E-state index in [0.29, 0.717) is 12.0 Å². The number of rotatable bonds is 6. The van der Waals surface area contributed by atoms with Gasteiger partial charge in [0.1, 0.15) is 0 Å². The second kappa shape index (κ2) is 6.21. The summed E-state index contributed by atoms with van der Waals surface area (Å²) in [5, 5.41) is 13.6. The average molecular weight is 287 g/mol. The van der Waals surface area contributed by atoms with Crippen LogP contribution >= 0.6 is 0 Å². The van der Waals surface area contributed by atoms with Gasteiger partial charge in [0, 0.05) is 17.8 Å². The smallest absolute Gasteiger partial charge is 0.331 e. The van der Waals surface area contributed by atoms with Gasteiger partial charge in [0.2, 0.25) is 6.41 Å². The number of benzene rings is 1. The van der Waals surface area contributed by atoms with E-state index in [1.807, 2.05) is 30.3 Å². The van der Waals surface area contributed by atoms with Crippen LogP contribution in [0.2, 0.25) is 0 Å². The van der Waals surface area contributed by atoms with Crippen molar-refractivity contribution in [3.63, 3.8) is 0 Å². The van der Waals surface area contributed by atoms with Crippen molar-refractivity contribution in [2.24, 2.45) is 0 Å². The molecule has 1 atom stereocenters. The van der Waals surface area contributed by atoms with Gasteiger partial charge in [-0.05, 0) is 26.0 Å². The molecule has 2 rings (SSSR count). The van der Waals surface area contributed by atoms with Gasteiger partial charge in [-0.2, -0.15) is 5.10 Å². The van der Waals surface area contributed by atoms with Crippen LogP contribution in [0.5, 0.6) is 0 Å². The molecule has 6 heteroatoms. The second-order valence-corrected chi connectivity index (χ2v) is 4.94. The molecule has 2 aromatic rings. The Morgan fingerprint density at radius 1 is 1.33 bits per heavy atom. The standard InChI is InChI=1S/C15H17N3O3/c1-11(2)17(10-19)14(15(20)21)12-8-16-18(9-12)13-6-4-3-5-7-13/h3-11,14H,1-2H3,(H,20,21). The maximum Gasteiger partial charge on any atom is 0.331 e. The van der Waals surface area contributed by atoms with E-state index in [2.05, 4.69) is 5.10 Å². The first-order valence-electron chi connectivity index (χ1n) is 6.60. The van der Waals surface area contributed by atoms with E-state index in [4.69, 9.17) is 0 Å². The van der Waals surface area contributed by atoms with Crippen LogP contribution in [0.1, 0.15) is 25.5 Å². The third-order valence-electron chi connectivity index (χ3n) is 3.19. The number of carboxylic acids is 1. The van der Waals surface area contributed by atoms with Gasteiger partial charge < -0.3 is 10.0 Å². The molecule has 0 aliphatic carbocycles. The molecule has 1 unspecified atom stereocenters. The highest BCUT2D eigenvalue weighted by Gasteiger charge is 2.29. The predicted molar refractivity (Wildman–Crippen MR) is 77.0 cm³/mol. The Kier molecular flexibility index (Phi) is 4.37. The minimum Gasteiger partial charge on any atom is -0.479 e. The number of amides is 1. The lowest BCUT2D eigenvalue weighted by molar-refractivity contribution is -0.148. The number of nitrogens with zero attached hydrogens (tertiary/aromatic N) is 3. The van der Waals surface area contributed by atoms with Crippen molar-refractivity contribution >= 4 is 12.4 Å². The molecular weight excluding hydrogens is 270 g/mol. The number of carbonyl (C=O) groups is 2. The number of carboxylic acid groups (broad SMARTS) is 1. The Labute approximate surface area is 122 Å². The van der Waals surface area contributed by atoms with E-state index < -0.39 is 12.0 Å². The van der Waals surface area contributed by atoms with Crippen molar-refractivity contribution in [1.82, 2.24) is 14.7 Å². The lowest BCUT2D eigenvalue weighted by Gasteiger charge is -2.27. The van der Waals surface area contributed by atoms with Crippen LogP contribution in [0.4, 0.5) is 0 Å². The lowest BCUT2D eigenvalue weighted by Crippen LogP contribution is -2.37. The molecule has 0 spiro atoms. The number of hydrogen-bond donors (Lipinski definition) is 1. The van der Waals surface area contributed by atoms with Crippen LogP contribution in [-0.4, -0.2) is 38.2 Å².